The predicted octanol–water partition coefficient (Wildman–Crippen LogP) is 4.15. The minimum absolute atomic E-state index is 0.0734. The van der Waals surface area contributed by atoms with Crippen LogP contribution < -0.4 is 10.6 Å². The fourth-order valence-electron chi connectivity index (χ4n) is 2.43. The Morgan fingerprint density at radius 3 is 2.57 bits per heavy atom. The van der Waals surface area contributed by atoms with Crippen LogP contribution in [-0.2, 0) is 11.2 Å². The van der Waals surface area contributed by atoms with Gasteiger partial charge < -0.3 is 5.32 Å². The van der Waals surface area contributed by atoms with E-state index >= 15 is 0 Å². The third-order valence-electron chi connectivity index (χ3n) is 3.86. The molecule has 0 aliphatic carbocycles. The number of benzene rings is 2. The Bertz CT molecular complexity index is 924. The molecule has 0 aliphatic heterocycles. The number of anilines is 1. The number of nitrogens with one attached hydrogen (secondary N) is 2. The van der Waals surface area contributed by atoms with Crippen molar-refractivity contribution in [3.8, 4) is 0 Å². The van der Waals surface area contributed by atoms with Crippen LogP contribution in [0, 0.1) is 6.92 Å². The van der Waals surface area contributed by atoms with E-state index in [0.29, 0.717) is 22.9 Å². The number of aromatic nitrogens is 1. The normalized spacial score (nSPS) is 10.5. The maximum absolute atomic E-state index is 12.1. The van der Waals surface area contributed by atoms with E-state index in [2.05, 4.69) is 46.8 Å². The quantitative estimate of drug-likeness (QED) is 0.431. The molecule has 0 fully saturated rings. The molecule has 0 unspecified atom stereocenters. The second-order valence-corrected chi connectivity index (χ2v) is 8.18. The highest BCUT2D eigenvalue weighted by Crippen LogP contribution is 2.18. The molecule has 1 aromatic heterocycles. The van der Waals surface area contributed by atoms with E-state index in [4.69, 9.17) is 0 Å². The smallest absolute Gasteiger partial charge is 0.257 e. The number of hydrogen-bond acceptors (Lipinski definition) is 5. The van der Waals surface area contributed by atoms with Crippen molar-refractivity contribution in [1.29, 1.82) is 0 Å². The van der Waals surface area contributed by atoms with Gasteiger partial charge >= 0.3 is 0 Å². The Balaban J connectivity index is 1.40. The standard InChI is InChI=1S/C21H21N3O2S2/c1-15-7-9-18(10-8-15)27-12-11-22-19(25)13-17-14-28-21(23-17)24-20(26)16-5-3-2-4-6-16/h2-10,14H,11-13H2,1H3,(H,22,25)(H,23,24,26). The van der Waals surface area contributed by atoms with E-state index in [1.807, 2.05) is 18.2 Å². The van der Waals surface area contributed by atoms with Crippen LogP contribution in [-0.4, -0.2) is 29.1 Å². The van der Waals surface area contributed by atoms with Crippen molar-refractivity contribution < 1.29 is 9.59 Å². The van der Waals surface area contributed by atoms with Gasteiger partial charge in [0.05, 0.1) is 12.1 Å². The first-order valence-corrected chi connectivity index (χ1v) is 10.7. The van der Waals surface area contributed by atoms with Gasteiger partial charge in [-0.3, -0.25) is 14.9 Å². The molecule has 0 aliphatic rings. The number of thioether (sulfide) groups is 1. The number of carbonyl (C=O) groups excluding carboxylic acids is 2. The number of rotatable bonds is 8. The Labute approximate surface area is 172 Å². The summed E-state index contributed by atoms with van der Waals surface area (Å²) in [5.74, 6) is 0.527. The van der Waals surface area contributed by atoms with Crippen LogP contribution in [0.4, 0.5) is 5.13 Å². The van der Waals surface area contributed by atoms with Crippen molar-refractivity contribution >= 4 is 40.0 Å². The van der Waals surface area contributed by atoms with Crippen LogP contribution in [0.3, 0.4) is 0 Å². The highest BCUT2D eigenvalue weighted by atomic mass is 32.2. The van der Waals surface area contributed by atoms with Crippen molar-refractivity contribution in [2.75, 3.05) is 17.6 Å². The van der Waals surface area contributed by atoms with Crippen LogP contribution >= 0.6 is 23.1 Å². The molecular weight excluding hydrogens is 390 g/mol. The van der Waals surface area contributed by atoms with Crippen LogP contribution in [0.5, 0.6) is 0 Å². The molecule has 1 heterocycles. The molecule has 7 heteroatoms. The van der Waals surface area contributed by atoms with E-state index in [-0.39, 0.29) is 18.2 Å². The summed E-state index contributed by atoms with van der Waals surface area (Å²) in [6.45, 7) is 2.66. The SMILES string of the molecule is Cc1ccc(SCCNC(=O)Cc2csc(NC(=O)c3ccccc3)n2)cc1. The number of amides is 2. The van der Waals surface area contributed by atoms with Gasteiger partial charge in [0.15, 0.2) is 5.13 Å². The van der Waals surface area contributed by atoms with Gasteiger partial charge in [0.25, 0.3) is 5.91 Å². The molecule has 28 heavy (non-hydrogen) atoms. The van der Waals surface area contributed by atoms with Crippen molar-refractivity contribution in [2.45, 2.75) is 18.2 Å². The van der Waals surface area contributed by atoms with Gasteiger partial charge in [-0.05, 0) is 31.2 Å². The molecule has 3 aromatic rings. The summed E-state index contributed by atoms with van der Waals surface area (Å²) in [5.41, 5.74) is 2.46. The first-order valence-electron chi connectivity index (χ1n) is 8.87. The molecule has 3 rings (SSSR count). The molecule has 0 bridgehead atoms. The fourth-order valence-corrected chi connectivity index (χ4v) is 3.90. The maximum Gasteiger partial charge on any atom is 0.257 e. The summed E-state index contributed by atoms with van der Waals surface area (Å²) in [6.07, 6.45) is 0.201. The van der Waals surface area contributed by atoms with Gasteiger partial charge in [0, 0.05) is 28.1 Å². The highest BCUT2D eigenvalue weighted by Gasteiger charge is 2.11. The second-order valence-electron chi connectivity index (χ2n) is 6.15. The van der Waals surface area contributed by atoms with Crippen LogP contribution in [0.2, 0.25) is 0 Å². The molecule has 2 aromatic carbocycles. The van der Waals surface area contributed by atoms with Gasteiger partial charge in [0.1, 0.15) is 0 Å². The summed E-state index contributed by atoms with van der Waals surface area (Å²) in [5, 5.41) is 7.95. The molecule has 144 valence electrons. The summed E-state index contributed by atoms with van der Waals surface area (Å²) in [7, 11) is 0. The van der Waals surface area contributed by atoms with Gasteiger partial charge in [-0.25, -0.2) is 4.98 Å². The second kappa shape index (κ2) is 10.1. The molecule has 2 amide bonds. The molecule has 0 atom stereocenters. The molecule has 0 saturated carbocycles. The minimum Gasteiger partial charge on any atom is -0.355 e. The monoisotopic (exact) mass is 411 g/mol. The summed E-state index contributed by atoms with van der Waals surface area (Å²) in [4.78, 5) is 29.7. The van der Waals surface area contributed by atoms with E-state index < -0.39 is 0 Å². The summed E-state index contributed by atoms with van der Waals surface area (Å²) in [6, 6.07) is 17.3. The molecular formula is C21H21N3O2S2. The zero-order valence-corrected chi connectivity index (χ0v) is 17.1. The molecule has 0 saturated heterocycles. The Morgan fingerprint density at radius 1 is 1.07 bits per heavy atom. The van der Waals surface area contributed by atoms with Gasteiger partial charge in [-0.2, -0.15) is 0 Å². The van der Waals surface area contributed by atoms with E-state index in [1.54, 1.807) is 29.3 Å². The Hall–Kier alpha value is -2.64. The highest BCUT2D eigenvalue weighted by molar-refractivity contribution is 7.99. The van der Waals surface area contributed by atoms with Crippen molar-refractivity contribution in [3.63, 3.8) is 0 Å². The van der Waals surface area contributed by atoms with Crippen molar-refractivity contribution in [3.05, 3.63) is 76.8 Å². The number of carbonyl (C=O) groups is 2. The number of nitrogens with zero attached hydrogens (tertiary/aromatic N) is 1. The first kappa shape index (κ1) is 20.1. The van der Waals surface area contributed by atoms with Crippen LogP contribution in [0.1, 0.15) is 21.6 Å². The fraction of sp³-hybridized carbons (Fsp3) is 0.190. The van der Waals surface area contributed by atoms with Gasteiger partial charge in [-0.1, -0.05) is 35.9 Å². The van der Waals surface area contributed by atoms with E-state index in [0.717, 1.165) is 5.75 Å². The lowest BCUT2D eigenvalue weighted by molar-refractivity contribution is -0.120. The van der Waals surface area contributed by atoms with E-state index in [9.17, 15) is 9.59 Å². The molecule has 0 radical (unpaired) electrons. The number of hydrogen-bond donors (Lipinski definition) is 2. The predicted molar refractivity (Wildman–Crippen MR) is 115 cm³/mol. The average Bonchev–Trinajstić information content (AvgIpc) is 3.14. The Kier molecular flexibility index (Phi) is 7.22. The minimum atomic E-state index is -0.209. The lowest BCUT2D eigenvalue weighted by atomic mass is 10.2. The average molecular weight is 412 g/mol. The van der Waals surface area contributed by atoms with Crippen LogP contribution in [0.25, 0.3) is 0 Å². The lowest BCUT2D eigenvalue weighted by Crippen LogP contribution is -2.27. The van der Waals surface area contributed by atoms with Crippen molar-refractivity contribution in [2.24, 2.45) is 0 Å². The largest absolute Gasteiger partial charge is 0.355 e. The van der Waals surface area contributed by atoms with Crippen LogP contribution in [0.15, 0.2) is 64.9 Å². The molecule has 2 N–H and O–H groups in total. The van der Waals surface area contributed by atoms with Gasteiger partial charge in [-0.15, -0.1) is 23.1 Å². The zero-order valence-electron chi connectivity index (χ0n) is 15.5. The van der Waals surface area contributed by atoms with Gasteiger partial charge in [0.2, 0.25) is 5.91 Å². The zero-order chi connectivity index (χ0) is 19.8. The molecule has 0 spiro atoms. The first-order chi connectivity index (χ1) is 13.6. The third-order valence-corrected chi connectivity index (χ3v) is 5.68. The Morgan fingerprint density at radius 2 is 1.82 bits per heavy atom. The number of thiazole rings is 1. The third kappa shape index (κ3) is 6.21. The summed E-state index contributed by atoms with van der Waals surface area (Å²) >= 11 is 3.02. The lowest BCUT2D eigenvalue weighted by Gasteiger charge is -2.05. The molecule has 5 nitrogen and oxygen atoms in total. The van der Waals surface area contributed by atoms with E-state index in [1.165, 1.54) is 21.8 Å². The number of aryl methyl sites for hydroxylation is 1. The maximum atomic E-state index is 12.1. The van der Waals surface area contributed by atoms with Crippen molar-refractivity contribution in [1.82, 2.24) is 10.3 Å². The topological polar surface area (TPSA) is 71.1 Å². The summed E-state index contributed by atoms with van der Waals surface area (Å²) < 4.78 is 0.